The molecule has 2 fully saturated rings. The van der Waals surface area contributed by atoms with E-state index in [1.54, 1.807) is 0 Å². The highest BCUT2D eigenvalue weighted by molar-refractivity contribution is 8.00. The summed E-state index contributed by atoms with van der Waals surface area (Å²) in [5.74, 6) is 2.09. The minimum absolute atomic E-state index is 0.286. The molecule has 0 aliphatic carbocycles. The van der Waals surface area contributed by atoms with Gasteiger partial charge in [-0.15, -0.1) is 0 Å². The second-order valence-electron chi connectivity index (χ2n) is 6.07. The third-order valence-corrected chi connectivity index (χ3v) is 6.34. The van der Waals surface area contributed by atoms with E-state index in [0.717, 1.165) is 18.5 Å². The average Bonchev–Trinajstić information content (AvgIpc) is 2.79. The molecule has 100 valence electrons. The lowest BCUT2D eigenvalue weighted by atomic mass is 9.85. The summed E-state index contributed by atoms with van der Waals surface area (Å²) in [6.07, 6.45) is 5.38. The van der Waals surface area contributed by atoms with Crippen LogP contribution in [0.15, 0.2) is 0 Å². The van der Waals surface area contributed by atoms with Gasteiger partial charge in [-0.25, -0.2) is 0 Å². The van der Waals surface area contributed by atoms with Gasteiger partial charge in [0.2, 0.25) is 0 Å². The van der Waals surface area contributed by atoms with Crippen LogP contribution in [-0.2, 0) is 0 Å². The van der Waals surface area contributed by atoms with Crippen molar-refractivity contribution in [1.82, 2.24) is 4.90 Å². The maximum Gasteiger partial charge on any atom is 0.0450 e. The molecule has 2 nitrogen and oxygen atoms in total. The van der Waals surface area contributed by atoms with Crippen molar-refractivity contribution in [2.24, 2.45) is 11.7 Å². The quantitative estimate of drug-likeness (QED) is 0.842. The lowest BCUT2D eigenvalue weighted by Crippen LogP contribution is -2.62. The maximum absolute atomic E-state index is 6.22. The van der Waals surface area contributed by atoms with Crippen molar-refractivity contribution in [3.8, 4) is 0 Å². The third kappa shape index (κ3) is 2.39. The first-order chi connectivity index (χ1) is 8.12. The van der Waals surface area contributed by atoms with Crippen molar-refractivity contribution in [2.45, 2.75) is 63.3 Å². The summed E-state index contributed by atoms with van der Waals surface area (Å²) >= 11 is 2.13. The van der Waals surface area contributed by atoms with E-state index in [0.29, 0.717) is 5.25 Å². The fourth-order valence-electron chi connectivity index (χ4n) is 3.80. The predicted octanol–water partition coefficient (Wildman–Crippen LogP) is 2.72. The first-order valence-corrected chi connectivity index (χ1v) is 8.25. The van der Waals surface area contributed by atoms with Crippen LogP contribution in [0, 0.1) is 5.92 Å². The molecule has 17 heavy (non-hydrogen) atoms. The van der Waals surface area contributed by atoms with Crippen molar-refractivity contribution in [3.05, 3.63) is 0 Å². The number of thioether (sulfide) groups is 1. The van der Waals surface area contributed by atoms with Crippen LogP contribution in [0.3, 0.4) is 0 Å². The number of rotatable bonds is 3. The number of nitrogens with zero attached hydrogens (tertiary/aromatic N) is 1. The van der Waals surface area contributed by atoms with Crippen molar-refractivity contribution >= 4 is 11.8 Å². The number of hydrogen-bond acceptors (Lipinski definition) is 3. The summed E-state index contributed by atoms with van der Waals surface area (Å²) in [7, 11) is 0. The second-order valence-corrected chi connectivity index (χ2v) is 7.52. The molecule has 0 saturated carbocycles. The summed E-state index contributed by atoms with van der Waals surface area (Å²) in [6.45, 7) is 9.24. The zero-order valence-electron chi connectivity index (χ0n) is 11.6. The molecule has 0 spiro atoms. The van der Waals surface area contributed by atoms with Crippen LogP contribution in [0.4, 0.5) is 0 Å². The van der Waals surface area contributed by atoms with E-state index < -0.39 is 0 Å². The van der Waals surface area contributed by atoms with E-state index in [4.69, 9.17) is 5.73 Å². The molecule has 0 radical (unpaired) electrons. The Morgan fingerprint density at radius 3 is 2.76 bits per heavy atom. The van der Waals surface area contributed by atoms with Crippen LogP contribution in [0.25, 0.3) is 0 Å². The first-order valence-electron chi connectivity index (χ1n) is 7.20. The van der Waals surface area contributed by atoms with Gasteiger partial charge >= 0.3 is 0 Å². The molecule has 2 N–H and O–H groups in total. The minimum Gasteiger partial charge on any atom is -0.329 e. The number of likely N-dealkylation sites (tertiary alicyclic amines) is 1. The molecular formula is C14H28N2S. The maximum atomic E-state index is 6.22. The molecule has 2 saturated heterocycles. The monoisotopic (exact) mass is 256 g/mol. The molecule has 0 aromatic heterocycles. The number of hydrogen-bond donors (Lipinski definition) is 1. The highest BCUT2D eigenvalue weighted by Gasteiger charge is 2.47. The zero-order chi connectivity index (χ0) is 12.5. The Labute approximate surface area is 111 Å². The molecule has 3 unspecified atom stereocenters. The topological polar surface area (TPSA) is 29.3 Å². The SMILES string of the molecule is CC(C)C1CCCN1C1(CN)CCCSC1C. The Hall–Kier alpha value is 0.270. The summed E-state index contributed by atoms with van der Waals surface area (Å²) in [5.41, 5.74) is 6.50. The van der Waals surface area contributed by atoms with E-state index in [1.165, 1.54) is 38.0 Å². The Bertz CT molecular complexity index is 257. The molecular weight excluding hydrogens is 228 g/mol. The Kier molecular flexibility index (Phi) is 4.43. The van der Waals surface area contributed by atoms with Gasteiger partial charge in [-0.2, -0.15) is 11.8 Å². The summed E-state index contributed by atoms with van der Waals surface area (Å²) in [6, 6.07) is 0.764. The standard InChI is InChI=1S/C14H28N2S/c1-11(2)13-6-4-8-16(13)14(10-15)7-5-9-17-12(14)3/h11-13H,4-10,15H2,1-3H3. The van der Waals surface area contributed by atoms with Gasteiger partial charge in [-0.1, -0.05) is 20.8 Å². The van der Waals surface area contributed by atoms with Gasteiger partial charge < -0.3 is 5.73 Å². The minimum atomic E-state index is 0.286. The molecule has 2 aliphatic heterocycles. The summed E-state index contributed by atoms with van der Waals surface area (Å²) in [4.78, 5) is 2.79. The third-order valence-electron chi connectivity index (χ3n) is 4.87. The molecule has 0 aromatic carbocycles. The van der Waals surface area contributed by atoms with Gasteiger partial charge in [-0.05, 0) is 43.9 Å². The molecule has 2 heterocycles. The van der Waals surface area contributed by atoms with Gasteiger partial charge in [0.15, 0.2) is 0 Å². The van der Waals surface area contributed by atoms with Crippen LogP contribution in [-0.4, -0.2) is 40.6 Å². The van der Waals surface area contributed by atoms with Gasteiger partial charge in [0, 0.05) is 23.4 Å². The van der Waals surface area contributed by atoms with Crippen LogP contribution in [0.5, 0.6) is 0 Å². The molecule has 0 bridgehead atoms. The van der Waals surface area contributed by atoms with E-state index in [-0.39, 0.29) is 5.54 Å². The molecule has 2 aliphatic rings. The van der Waals surface area contributed by atoms with Gasteiger partial charge in [0.05, 0.1) is 0 Å². The smallest absolute Gasteiger partial charge is 0.0450 e. The van der Waals surface area contributed by atoms with Crippen molar-refractivity contribution in [2.75, 3.05) is 18.8 Å². The van der Waals surface area contributed by atoms with Gasteiger partial charge in [0.1, 0.15) is 0 Å². The molecule has 0 amide bonds. The van der Waals surface area contributed by atoms with Gasteiger partial charge in [0.25, 0.3) is 0 Å². The first kappa shape index (κ1) is 13.7. The van der Waals surface area contributed by atoms with Crippen LogP contribution in [0.2, 0.25) is 0 Å². The second kappa shape index (κ2) is 5.50. The highest BCUT2D eigenvalue weighted by Crippen LogP contribution is 2.42. The summed E-state index contributed by atoms with van der Waals surface area (Å²) in [5, 5.41) is 0.695. The van der Waals surface area contributed by atoms with Crippen molar-refractivity contribution in [1.29, 1.82) is 0 Å². The lowest BCUT2D eigenvalue weighted by molar-refractivity contribution is 0.0503. The normalized spacial score (nSPS) is 40.1. The van der Waals surface area contributed by atoms with Crippen LogP contribution >= 0.6 is 11.8 Å². The largest absolute Gasteiger partial charge is 0.329 e. The van der Waals surface area contributed by atoms with E-state index in [1.807, 2.05) is 0 Å². The molecule has 2 rings (SSSR count). The molecule has 0 aromatic rings. The lowest BCUT2D eigenvalue weighted by Gasteiger charge is -2.51. The Morgan fingerprint density at radius 2 is 2.18 bits per heavy atom. The fourth-order valence-corrected chi connectivity index (χ4v) is 5.12. The van der Waals surface area contributed by atoms with Gasteiger partial charge in [-0.3, -0.25) is 4.90 Å². The molecule has 3 atom stereocenters. The van der Waals surface area contributed by atoms with Crippen molar-refractivity contribution in [3.63, 3.8) is 0 Å². The van der Waals surface area contributed by atoms with Crippen LogP contribution < -0.4 is 5.73 Å². The fraction of sp³-hybridized carbons (Fsp3) is 1.00. The van der Waals surface area contributed by atoms with E-state index in [9.17, 15) is 0 Å². The van der Waals surface area contributed by atoms with Crippen molar-refractivity contribution < 1.29 is 0 Å². The van der Waals surface area contributed by atoms with E-state index >= 15 is 0 Å². The Morgan fingerprint density at radius 1 is 1.41 bits per heavy atom. The van der Waals surface area contributed by atoms with E-state index in [2.05, 4.69) is 37.4 Å². The number of nitrogens with two attached hydrogens (primary N) is 1. The average molecular weight is 256 g/mol. The molecule has 3 heteroatoms. The Balaban J connectivity index is 2.21. The zero-order valence-corrected chi connectivity index (χ0v) is 12.4. The highest BCUT2D eigenvalue weighted by atomic mass is 32.2. The predicted molar refractivity (Wildman–Crippen MR) is 77.5 cm³/mol. The van der Waals surface area contributed by atoms with Crippen LogP contribution in [0.1, 0.15) is 46.5 Å². The summed E-state index contributed by atoms with van der Waals surface area (Å²) < 4.78 is 0.